The molecule has 140 valence electrons. The van der Waals surface area contributed by atoms with Gasteiger partial charge in [-0.2, -0.15) is 0 Å². The average molecular weight is 380 g/mol. The van der Waals surface area contributed by atoms with Crippen molar-refractivity contribution in [1.82, 2.24) is 15.3 Å². The maximum absolute atomic E-state index is 12.5. The third-order valence-electron chi connectivity index (χ3n) is 5.15. The first-order valence-electron chi connectivity index (χ1n) is 9.75. The van der Waals surface area contributed by atoms with Crippen LogP contribution in [0.15, 0.2) is 53.7 Å². The third kappa shape index (κ3) is 4.72. The van der Waals surface area contributed by atoms with Crippen LogP contribution in [0.5, 0.6) is 0 Å². The normalized spacial score (nSPS) is 15.6. The number of imidazole rings is 1. The molecule has 2 N–H and O–H groups in total. The molecule has 27 heavy (non-hydrogen) atoms. The van der Waals surface area contributed by atoms with Gasteiger partial charge in [0, 0.05) is 17.4 Å². The van der Waals surface area contributed by atoms with Crippen molar-refractivity contribution in [3.05, 3.63) is 59.7 Å². The van der Waals surface area contributed by atoms with Gasteiger partial charge in [0.25, 0.3) is 5.91 Å². The van der Waals surface area contributed by atoms with Crippen LogP contribution in [-0.4, -0.2) is 21.9 Å². The topological polar surface area (TPSA) is 57.8 Å². The summed E-state index contributed by atoms with van der Waals surface area (Å²) in [6.07, 6.45) is 7.26. The lowest BCUT2D eigenvalue weighted by Gasteiger charge is -2.16. The van der Waals surface area contributed by atoms with Crippen LogP contribution < -0.4 is 5.32 Å². The molecule has 1 aliphatic rings. The number of aromatic amines is 1. The second kappa shape index (κ2) is 8.61. The lowest BCUT2D eigenvalue weighted by Crippen LogP contribution is -2.34. The first kappa shape index (κ1) is 18.1. The summed E-state index contributed by atoms with van der Waals surface area (Å²) in [6.45, 7) is 0. The van der Waals surface area contributed by atoms with Crippen LogP contribution in [0.25, 0.3) is 11.0 Å². The van der Waals surface area contributed by atoms with Crippen LogP contribution in [0.2, 0.25) is 0 Å². The summed E-state index contributed by atoms with van der Waals surface area (Å²) in [6, 6.07) is 16.3. The number of nitrogens with zero attached hydrogens (tertiary/aromatic N) is 1. The number of nitrogens with one attached hydrogen (secondary N) is 2. The first-order chi connectivity index (χ1) is 13.3. The summed E-state index contributed by atoms with van der Waals surface area (Å²) in [7, 11) is 0. The van der Waals surface area contributed by atoms with Crippen molar-refractivity contribution in [2.24, 2.45) is 0 Å². The van der Waals surface area contributed by atoms with Gasteiger partial charge in [-0.1, -0.05) is 61.7 Å². The number of carbonyl (C=O) groups excluding carboxylic acids is 1. The summed E-state index contributed by atoms with van der Waals surface area (Å²) in [5, 5.41) is 4.13. The highest BCUT2D eigenvalue weighted by Crippen LogP contribution is 2.23. The minimum Gasteiger partial charge on any atom is -0.349 e. The highest BCUT2D eigenvalue weighted by atomic mass is 32.2. The molecule has 0 unspecified atom stereocenters. The van der Waals surface area contributed by atoms with Crippen molar-refractivity contribution in [2.75, 3.05) is 0 Å². The SMILES string of the molecule is O=C(NC1CCCCCC1)c1ccc(CSc2nc3ccccc3[nH]2)cc1. The fraction of sp³-hybridized carbons (Fsp3) is 0.364. The zero-order valence-corrected chi connectivity index (χ0v) is 16.2. The summed E-state index contributed by atoms with van der Waals surface area (Å²) in [4.78, 5) is 20.4. The number of benzene rings is 2. The van der Waals surface area contributed by atoms with E-state index in [2.05, 4.69) is 15.3 Å². The van der Waals surface area contributed by atoms with E-state index in [1.165, 1.54) is 31.2 Å². The summed E-state index contributed by atoms with van der Waals surface area (Å²) in [5.74, 6) is 0.878. The monoisotopic (exact) mass is 379 g/mol. The molecule has 4 nitrogen and oxygen atoms in total. The van der Waals surface area contributed by atoms with Crippen molar-refractivity contribution in [3.8, 4) is 0 Å². The fourth-order valence-corrected chi connectivity index (χ4v) is 4.44. The highest BCUT2D eigenvalue weighted by Gasteiger charge is 2.15. The van der Waals surface area contributed by atoms with Crippen LogP contribution in [0, 0.1) is 0 Å². The Bertz CT molecular complexity index is 862. The van der Waals surface area contributed by atoms with E-state index in [0.717, 1.165) is 40.3 Å². The third-order valence-corrected chi connectivity index (χ3v) is 6.09. The average Bonchev–Trinajstić information content (AvgIpc) is 2.95. The van der Waals surface area contributed by atoms with Crippen molar-refractivity contribution < 1.29 is 4.79 Å². The number of rotatable bonds is 5. The molecule has 1 aliphatic carbocycles. The van der Waals surface area contributed by atoms with E-state index < -0.39 is 0 Å². The number of carbonyl (C=O) groups is 1. The highest BCUT2D eigenvalue weighted by molar-refractivity contribution is 7.98. The standard InChI is InChI=1S/C22H25N3OS/c26-21(23-18-7-3-1-2-4-8-18)17-13-11-16(12-14-17)15-27-22-24-19-9-5-6-10-20(19)25-22/h5-6,9-14,18H,1-4,7-8,15H2,(H,23,26)(H,24,25). The van der Waals surface area contributed by atoms with Crippen LogP contribution in [0.1, 0.15) is 54.4 Å². The van der Waals surface area contributed by atoms with Gasteiger partial charge < -0.3 is 10.3 Å². The largest absolute Gasteiger partial charge is 0.349 e. The second-order valence-corrected chi connectivity index (χ2v) is 8.17. The van der Waals surface area contributed by atoms with E-state index in [9.17, 15) is 4.79 Å². The maximum Gasteiger partial charge on any atom is 0.251 e. The van der Waals surface area contributed by atoms with Crippen molar-refractivity contribution in [3.63, 3.8) is 0 Å². The van der Waals surface area contributed by atoms with Gasteiger partial charge >= 0.3 is 0 Å². The van der Waals surface area contributed by atoms with Gasteiger partial charge in [0.15, 0.2) is 5.16 Å². The zero-order chi connectivity index (χ0) is 18.5. The Kier molecular flexibility index (Phi) is 5.78. The Hall–Kier alpha value is -2.27. The number of aromatic nitrogens is 2. The molecule has 2 aromatic carbocycles. The number of thioether (sulfide) groups is 1. The number of amides is 1. The molecule has 4 rings (SSSR count). The van der Waals surface area contributed by atoms with E-state index >= 15 is 0 Å². The van der Waals surface area contributed by atoms with Gasteiger partial charge in [0.05, 0.1) is 11.0 Å². The summed E-state index contributed by atoms with van der Waals surface area (Å²) < 4.78 is 0. The van der Waals surface area contributed by atoms with Gasteiger partial charge in [-0.3, -0.25) is 4.79 Å². The summed E-state index contributed by atoms with van der Waals surface area (Å²) in [5.41, 5.74) is 3.99. The van der Waals surface area contributed by atoms with Crippen molar-refractivity contribution in [2.45, 2.75) is 55.5 Å². The molecule has 0 aliphatic heterocycles. The molecular weight excluding hydrogens is 354 g/mol. The lowest BCUT2D eigenvalue weighted by molar-refractivity contribution is 0.0933. The molecular formula is C22H25N3OS. The number of hydrogen-bond acceptors (Lipinski definition) is 3. The molecule has 0 spiro atoms. The van der Waals surface area contributed by atoms with Gasteiger partial charge in [0.1, 0.15) is 0 Å². The zero-order valence-electron chi connectivity index (χ0n) is 15.4. The number of fused-ring (bicyclic) bond motifs is 1. The number of H-pyrrole nitrogens is 1. The lowest BCUT2D eigenvalue weighted by atomic mass is 10.1. The van der Waals surface area contributed by atoms with E-state index in [0.29, 0.717) is 6.04 Å². The van der Waals surface area contributed by atoms with E-state index in [1.54, 1.807) is 11.8 Å². The molecule has 5 heteroatoms. The Morgan fingerprint density at radius 1 is 1.04 bits per heavy atom. The van der Waals surface area contributed by atoms with Gasteiger partial charge in [-0.05, 0) is 42.7 Å². The first-order valence-corrected chi connectivity index (χ1v) is 10.7. The Morgan fingerprint density at radius 2 is 1.78 bits per heavy atom. The van der Waals surface area contributed by atoms with E-state index in [4.69, 9.17) is 0 Å². The molecule has 1 amide bonds. The minimum absolute atomic E-state index is 0.0541. The fourth-order valence-electron chi connectivity index (χ4n) is 3.59. The molecule has 1 heterocycles. The Labute approximate surface area is 164 Å². The Morgan fingerprint density at radius 3 is 2.52 bits per heavy atom. The smallest absolute Gasteiger partial charge is 0.251 e. The molecule has 0 radical (unpaired) electrons. The van der Waals surface area contributed by atoms with Gasteiger partial charge in [-0.15, -0.1) is 0 Å². The molecule has 1 fully saturated rings. The van der Waals surface area contributed by atoms with Gasteiger partial charge in [0.2, 0.25) is 0 Å². The molecule has 0 bridgehead atoms. The second-order valence-electron chi connectivity index (χ2n) is 7.21. The van der Waals surface area contributed by atoms with Gasteiger partial charge in [-0.25, -0.2) is 4.98 Å². The van der Waals surface area contributed by atoms with Crippen LogP contribution >= 0.6 is 11.8 Å². The van der Waals surface area contributed by atoms with Crippen LogP contribution in [0.3, 0.4) is 0 Å². The molecule has 1 saturated carbocycles. The summed E-state index contributed by atoms with van der Waals surface area (Å²) >= 11 is 1.68. The molecule has 0 saturated heterocycles. The predicted molar refractivity (Wildman–Crippen MR) is 111 cm³/mol. The maximum atomic E-state index is 12.5. The molecule has 0 atom stereocenters. The van der Waals surface area contributed by atoms with Crippen molar-refractivity contribution >= 4 is 28.7 Å². The molecule has 3 aromatic rings. The quantitative estimate of drug-likeness (QED) is 0.467. The van der Waals surface area contributed by atoms with Crippen LogP contribution in [-0.2, 0) is 5.75 Å². The minimum atomic E-state index is 0.0541. The number of para-hydroxylation sites is 2. The predicted octanol–water partition coefficient (Wildman–Crippen LogP) is 5.31. The Balaban J connectivity index is 1.33. The molecule has 1 aromatic heterocycles. The van der Waals surface area contributed by atoms with E-state index in [-0.39, 0.29) is 5.91 Å². The van der Waals surface area contributed by atoms with Crippen molar-refractivity contribution in [1.29, 1.82) is 0 Å². The van der Waals surface area contributed by atoms with Crippen LogP contribution in [0.4, 0.5) is 0 Å². The number of hydrogen-bond donors (Lipinski definition) is 2. The van der Waals surface area contributed by atoms with E-state index in [1.807, 2.05) is 48.5 Å².